The van der Waals surface area contributed by atoms with Crippen LogP contribution in [-0.2, 0) is 0 Å². The third-order valence-corrected chi connectivity index (χ3v) is 3.26. The molecule has 0 atom stereocenters. The zero-order chi connectivity index (χ0) is 9.30. The summed E-state index contributed by atoms with van der Waals surface area (Å²) in [6.45, 7) is 7.38. The Hall–Kier alpha value is -0.700. The van der Waals surface area contributed by atoms with Gasteiger partial charge in [-0.15, -0.1) is 11.3 Å². The smallest absolute Gasteiger partial charge is 0.110 e. The predicted octanol–water partition coefficient (Wildman–Crippen LogP) is 2.40. The van der Waals surface area contributed by atoms with Crippen molar-refractivity contribution >= 4 is 22.0 Å². The molecule has 0 bridgehead atoms. The second-order valence-electron chi connectivity index (χ2n) is 3.01. The Balaban J connectivity index is 3.13. The van der Waals surface area contributed by atoms with Gasteiger partial charge in [-0.25, -0.2) is 0 Å². The van der Waals surface area contributed by atoms with E-state index in [4.69, 9.17) is 5.73 Å². The summed E-state index contributed by atoms with van der Waals surface area (Å²) in [6, 6.07) is 0. The van der Waals surface area contributed by atoms with Gasteiger partial charge in [0, 0.05) is 18.5 Å². The van der Waals surface area contributed by atoms with Crippen LogP contribution >= 0.6 is 11.3 Å². The minimum absolute atomic E-state index is 0.939. The molecule has 0 aliphatic rings. The van der Waals surface area contributed by atoms with E-state index in [-0.39, 0.29) is 0 Å². The number of hydrogen-bond acceptors (Lipinski definition) is 3. The molecule has 1 aromatic heterocycles. The topological polar surface area (TPSA) is 29.3 Å². The summed E-state index contributed by atoms with van der Waals surface area (Å²) >= 11 is 1.68. The summed E-state index contributed by atoms with van der Waals surface area (Å²) in [5.41, 5.74) is 8.43. The van der Waals surface area contributed by atoms with Gasteiger partial charge in [0.2, 0.25) is 0 Å². The summed E-state index contributed by atoms with van der Waals surface area (Å²) in [5.74, 6) is 0. The first-order valence-electron chi connectivity index (χ1n) is 4.14. The molecular formula is C9H16N2S. The fourth-order valence-electron chi connectivity index (χ4n) is 1.27. The SMILES string of the molecule is CCN(C)c1c(N)sc(C)c1C. The molecule has 0 spiro atoms. The van der Waals surface area contributed by atoms with Crippen LogP contribution in [0.3, 0.4) is 0 Å². The molecule has 0 fully saturated rings. The first kappa shape index (κ1) is 9.39. The van der Waals surface area contributed by atoms with E-state index in [2.05, 4.69) is 32.7 Å². The summed E-state index contributed by atoms with van der Waals surface area (Å²) in [7, 11) is 2.07. The highest BCUT2D eigenvalue weighted by Crippen LogP contribution is 2.36. The van der Waals surface area contributed by atoms with Gasteiger partial charge in [0.05, 0.1) is 5.69 Å². The van der Waals surface area contributed by atoms with Crippen molar-refractivity contribution in [3.05, 3.63) is 10.4 Å². The molecule has 3 heteroatoms. The number of nitrogens with two attached hydrogens (primary N) is 1. The molecule has 0 aliphatic carbocycles. The summed E-state index contributed by atoms with van der Waals surface area (Å²) in [4.78, 5) is 3.51. The predicted molar refractivity (Wildman–Crippen MR) is 57.1 cm³/mol. The third kappa shape index (κ3) is 1.41. The molecule has 68 valence electrons. The van der Waals surface area contributed by atoms with Crippen molar-refractivity contribution in [2.45, 2.75) is 20.8 Å². The fourth-order valence-corrected chi connectivity index (χ4v) is 2.26. The maximum atomic E-state index is 5.90. The van der Waals surface area contributed by atoms with Gasteiger partial charge in [-0.3, -0.25) is 0 Å². The second-order valence-corrected chi connectivity index (χ2v) is 4.27. The number of anilines is 2. The van der Waals surface area contributed by atoms with Crippen LogP contribution in [0, 0.1) is 13.8 Å². The van der Waals surface area contributed by atoms with Crippen molar-refractivity contribution in [2.75, 3.05) is 24.2 Å². The molecule has 1 aromatic rings. The second kappa shape index (κ2) is 3.35. The van der Waals surface area contributed by atoms with Gasteiger partial charge in [0.15, 0.2) is 0 Å². The Morgan fingerprint density at radius 1 is 1.42 bits per heavy atom. The summed E-state index contributed by atoms with van der Waals surface area (Å²) in [5, 5.41) is 0.939. The first-order valence-corrected chi connectivity index (χ1v) is 4.96. The number of rotatable bonds is 2. The quantitative estimate of drug-likeness (QED) is 0.764. The maximum absolute atomic E-state index is 5.90. The number of nitrogens with zero attached hydrogens (tertiary/aromatic N) is 1. The Bertz CT molecular complexity index is 278. The van der Waals surface area contributed by atoms with Crippen molar-refractivity contribution < 1.29 is 0 Å². The molecule has 0 saturated heterocycles. The molecule has 0 saturated carbocycles. The zero-order valence-electron chi connectivity index (χ0n) is 8.14. The molecule has 0 amide bonds. The molecule has 0 radical (unpaired) electrons. The van der Waals surface area contributed by atoms with E-state index in [0.29, 0.717) is 0 Å². The van der Waals surface area contributed by atoms with Crippen LogP contribution in [0.2, 0.25) is 0 Å². The average molecular weight is 184 g/mol. The van der Waals surface area contributed by atoms with Gasteiger partial charge in [-0.1, -0.05) is 0 Å². The molecular weight excluding hydrogens is 168 g/mol. The molecule has 1 rings (SSSR count). The van der Waals surface area contributed by atoms with E-state index in [1.807, 2.05) is 0 Å². The summed E-state index contributed by atoms with van der Waals surface area (Å²) < 4.78 is 0. The monoisotopic (exact) mass is 184 g/mol. The van der Waals surface area contributed by atoms with Gasteiger partial charge in [0.1, 0.15) is 5.00 Å². The largest absolute Gasteiger partial charge is 0.389 e. The number of hydrogen-bond donors (Lipinski definition) is 1. The molecule has 1 heterocycles. The number of thiophene rings is 1. The number of nitrogen functional groups attached to an aromatic ring is 1. The Kier molecular flexibility index (Phi) is 2.62. The summed E-state index contributed by atoms with van der Waals surface area (Å²) in [6.07, 6.45) is 0. The minimum atomic E-state index is 0.939. The van der Waals surface area contributed by atoms with E-state index in [9.17, 15) is 0 Å². The standard InChI is InChI=1S/C9H16N2S/c1-5-11(4)8-6(2)7(3)12-9(8)10/h5,10H2,1-4H3. The lowest BCUT2D eigenvalue weighted by Crippen LogP contribution is -2.17. The highest BCUT2D eigenvalue weighted by atomic mass is 32.1. The minimum Gasteiger partial charge on any atom is -0.389 e. The molecule has 0 aliphatic heterocycles. The van der Waals surface area contributed by atoms with E-state index < -0.39 is 0 Å². The van der Waals surface area contributed by atoms with Crippen molar-refractivity contribution in [1.82, 2.24) is 0 Å². The van der Waals surface area contributed by atoms with E-state index in [1.54, 1.807) is 11.3 Å². The van der Waals surface area contributed by atoms with E-state index in [1.165, 1.54) is 16.1 Å². The molecule has 0 aromatic carbocycles. The fraction of sp³-hybridized carbons (Fsp3) is 0.556. The van der Waals surface area contributed by atoms with Crippen molar-refractivity contribution in [2.24, 2.45) is 0 Å². The highest BCUT2D eigenvalue weighted by Gasteiger charge is 2.12. The zero-order valence-corrected chi connectivity index (χ0v) is 8.96. The van der Waals surface area contributed by atoms with Crippen LogP contribution in [0.15, 0.2) is 0 Å². The Labute approximate surface area is 78.0 Å². The lowest BCUT2D eigenvalue weighted by molar-refractivity contribution is 0.966. The van der Waals surface area contributed by atoms with Crippen LogP contribution in [-0.4, -0.2) is 13.6 Å². The number of aryl methyl sites for hydroxylation is 1. The van der Waals surface area contributed by atoms with E-state index >= 15 is 0 Å². The van der Waals surface area contributed by atoms with Gasteiger partial charge < -0.3 is 10.6 Å². The van der Waals surface area contributed by atoms with Crippen LogP contribution in [0.5, 0.6) is 0 Å². The Morgan fingerprint density at radius 3 is 2.33 bits per heavy atom. The lowest BCUT2D eigenvalue weighted by atomic mass is 10.2. The third-order valence-electron chi connectivity index (χ3n) is 2.24. The normalized spacial score (nSPS) is 10.3. The van der Waals surface area contributed by atoms with Gasteiger partial charge in [-0.2, -0.15) is 0 Å². The van der Waals surface area contributed by atoms with Gasteiger partial charge >= 0.3 is 0 Å². The van der Waals surface area contributed by atoms with Crippen LogP contribution in [0.4, 0.5) is 10.7 Å². The van der Waals surface area contributed by atoms with Crippen LogP contribution in [0.25, 0.3) is 0 Å². The van der Waals surface area contributed by atoms with Crippen molar-refractivity contribution in [1.29, 1.82) is 0 Å². The van der Waals surface area contributed by atoms with E-state index in [0.717, 1.165) is 11.5 Å². The van der Waals surface area contributed by atoms with Crippen LogP contribution in [0.1, 0.15) is 17.4 Å². The van der Waals surface area contributed by atoms with Gasteiger partial charge in [0.25, 0.3) is 0 Å². The first-order chi connectivity index (χ1) is 5.57. The van der Waals surface area contributed by atoms with Gasteiger partial charge in [-0.05, 0) is 26.3 Å². The Morgan fingerprint density at radius 2 is 2.00 bits per heavy atom. The highest BCUT2D eigenvalue weighted by molar-refractivity contribution is 7.16. The average Bonchev–Trinajstić information content (AvgIpc) is 2.26. The maximum Gasteiger partial charge on any atom is 0.110 e. The lowest BCUT2D eigenvalue weighted by Gasteiger charge is -2.17. The molecule has 2 N–H and O–H groups in total. The van der Waals surface area contributed by atoms with Crippen molar-refractivity contribution in [3.63, 3.8) is 0 Å². The van der Waals surface area contributed by atoms with Crippen molar-refractivity contribution in [3.8, 4) is 0 Å². The molecule has 0 unspecified atom stereocenters. The molecule has 12 heavy (non-hydrogen) atoms. The molecule has 2 nitrogen and oxygen atoms in total. The van der Waals surface area contributed by atoms with Crippen LogP contribution < -0.4 is 10.6 Å².